The Balaban J connectivity index is 2.73. The summed E-state index contributed by atoms with van der Waals surface area (Å²) in [5, 5.41) is 2.47. The summed E-state index contributed by atoms with van der Waals surface area (Å²) in [7, 11) is 0. The molecule has 0 heterocycles. The van der Waals surface area contributed by atoms with Gasteiger partial charge in [0.2, 0.25) is 5.91 Å². The van der Waals surface area contributed by atoms with Crippen LogP contribution in [0.15, 0.2) is 18.2 Å². The maximum atomic E-state index is 13.4. The van der Waals surface area contributed by atoms with Crippen LogP contribution in [0.25, 0.3) is 0 Å². The minimum Gasteiger partial charge on any atom is -0.330 e. The van der Waals surface area contributed by atoms with Crippen LogP contribution >= 0.6 is 11.6 Å². The second-order valence-electron chi connectivity index (χ2n) is 3.57. The molecule has 1 unspecified atom stereocenters. The van der Waals surface area contributed by atoms with Gasteiger partial charge in [0, 0.05) is 5.92 Å². The normalized spacial score (nSPS) is 12.2. The number of benzene rings is 1. The molecule has 0 aliphatic rings. The summed E-state index contributed by atoms with van der Waals surface area (Å²) in [6.07, 6.45) is 0.564. The summed E-state index contributed by atoms with van der Waals surface area (Å²) in [5.41, 5.74) is 5.44. The third-order valence-electron chi connectivity index (χ3n) is 2.26. The van der Waals surface area contributed by atoms with Gasteiger partial charge in [-0.2, -0.15) is 0 Å². The first-order valence-corrected chi connectivity index (χ1v) is 5.39. The average molecular weight is 245 g/mol. The summed E-state index contributed by atoms with van der Waals surface area (Å²) in [6, 6.07) is 4.47. The predicted octanol–water partition coefficient (Wildman–Crippen LogP) is 2.40. The fourth-order valence-corrected chi connectivity index (χ4v) is 1.41. The number of hydrogen-bond acceptors (Lipinski definition) is 2. The molecule has 1 aromatic carbocycles. The van der Waals surface area contributed by atoms with E-state index in [1.807, 2.05) is 0 Å². The van der Waals surface area contributed by atoms with Crippen LogP contribution < -0.4 is 11.1 Å². The van der Waals surface area contributed by atoms with Crippen molar-refractivity contribution in [3.63, 3.8) is 0 Å². The highest BCUT2D eigenvalue weighted by Gasteiger charge is 2.14. The van der Waals surface area contributed by atoms with Gasteiger partial charge in [-0.25, -0.2) is 4.39 Å². The Kier molecular flexibility index (Phi) is 4.71. The van der Waals surface area contributed by atoms with E-state index in [-0.39, 0.29) is 22.5 Å². The number of nitrogens with two attached hydrogens (primary N) is 1. The molecule has 3 N–H and O–H groups in total. The highest BCUT2D eigenvalue weighted by Crippen LogP contribution is 2.22. The molecule has 1 amide bonds. The summed E-state index contributed by atoms with van der Waals surface area (Å²) in [5.74, 6) is -1.12. The van der Waals surface area contributed by atoms with Crippen molar-refractivity contribution in [2.24, 2.45) is 11.7 Å². The maximum absolute atomic E-state index is 13.4. The fraction of sp³-hybridized carbons (Fsp3) is 0.364. The number of nitrogens with one attached hydrogen (secondary N) is 1. The number of anilines is 1. The minimum absolute atomic E-state index is 0.00993. The summed E-state index contributed by atoms with van der Waals surface area (Å²) in [6.45, 7) is 2.16. The molecular weight excluding hydrogens is 231 g/mol. The maximum Gasteiger partial charge on any atom is 0.227 e. The lowest BCUT2D eigenvalue weighted by molar-refractivity contribution is -0.119. The fourth-order valence-electron chi connectivity index (χ4n) is 1.24. The van der Waals surface area contributed by atoms with Crippen LogP contribution in [0.1, 0.15) is 13.3 Å². The first-order valence-electron chi connectivity index (χ1n) is 5.01. The van der Waals surface area contributed by atoms with Gasteiger partial charge in [-0.05, 0) is 25.1 Å². The Labute approximate surface area is 98.8 Å². The van der Waals surface area contributed by atoms with Gasteiger partial charge < -0.3 is 11.1 Å². The van der Waals surface area contributed by atoms with Crippen LogP contribution in [0.3, 0.4) is 0 Å². The smallest absolute Gasteiger partial charge is 0.227 e. The van der Waals surface area contributed by atoms with E-state index in [1.165, 1.54) is 12.1 Å². The van der Waals surface area contributed by atoms with Crippen molar-refractivity contribution in [2.75, 3.05) is 11.9 Å². The lowest BCUT2D eigenvalue weighted by Crippen LogP contribution is -2.23. The van der Waals surface area contributed by atoms with E-state index in [0.717, 1.165) is 0 Å². The molecule has 0 saturated carbocycles. The number of rotatable bonds is 4. The number of hydrogen-bond donors (Lipinski definition) is 2. The van der Waals surface area contributed by atoms with Crippen molar-refractivity contribution in [2.45, 2.75) is 13.3 Å². The van der Waals surface area contributed by atoms with Crippen molar-refractivity contribution in [1.82, 2.24) is 0 Å². The van der Waals surface area contributed by atoms with Crippen molar-refractivity contribution >= 4 is 23.2 Å². The Morgan fingerprint density at radius 2 is 2.31 bits per heavy atom. The predicted molar refractivity (Wildman–Crippen MR) is 62.9 cm³/mol. The SMILES string of the molecule is CC(CCN)C(=O)Nc1cccc(Cl)c1F. The minimum atomic E-state index is -0.613. The molecule has 88 valence electrons. The van der Waals surface area contributed by atoms with Crippen LogP contribution in [0, 0.1) is 11.7 Å². The Hall–Kier alpha value is -1.13. The highest BCUT2D eigenvalue weighted by molar-refractivity contribution is 6.31. The third-order valence-corrected chi connectivity index (χ3v) is 2.55. The van der Waals surface area contributed by atoms with E-state index in [2.05, 4.69) is 5.32 Å². The Morgan fingerprint density at radius 1 is 1.62 bits per heavy atom. The van der Waals surface area contributed by atoms with E-state index in [4.69, 9.17) is 17.3 Å². The van der Waals surface area contributed by atoms with Gasteiger partial charge >= 0.3 is 0 Å². The van der Waals surface area contributed by atoms with E-state index in [0.29, 0.717) is 13.0 Å². The van der Waals surface area contributed by atoms with Gasteiger partial charge in [0.15, 0.2) is 5.82 Å². The molecule has 0 aliphatic carbocycles. The average Bonchev–Trinajstić information content (AvgIpc) is 2.25. The van der Waals surface area contributed by atoms with E-state index < -0.39 is 5.82 Å². The van der Waals surface area contributed by atoms with Crippen LogP contribution in [-0.4, -0.2) is 12.5 Å². The van der Waals surface area contributed by atoms with Gasteiger partial charge in [0.05, 0.1) is 10.7 Å². The van der Waals surface area contributed by atoms with Crippen molar-refractivity contribution in [1.29, 1.82) is 0 Å². The van der Waals surface area contributed by atoms with Crippen LogP contribution in [0.5, 0.6) is 0 Å². The standard InChI is InChI=1S/C11H14ClFN2O/c1-7(5-6-14)11(16)15-9-4-2-3-8(12)10(9)13/h2-4,7H,5-6,14H2,1H3,(H,15,16). The molecule has 0 radical (unpaired) electrons. The number of halogens is 2. The largest absolute Gasteiger partial charge is 0.330 e. The van der Waals surface area contributed by atoms with Crippen LogP contribution in [0.4, 0.5) is 10.1 Å². The summed E-state index contributed by atoms with van der Waals surface area (Å²) >= 11 is 5.59. The highest BCUT2D eigenvalue weighted by atomic mass is 35.5. The Bertz CT molecular complexity index is 384. The third kappa shape index (κ3) is 3.18. The molecule has 1 aromatic rings. The van der Waals surface area contributed by atoms with Gasteiger partial charge in [-0.1, -0.05) is 24.6 Å². The molecule has 3 nitrogen and oxygen atoms in total. The molecular formula is C11H14ClFN2O. The van der Waals surface area contributed by atoms with Crippen molar-refractivity contribution in [3.8, 4) is 0 Å². The lowest BCUT2D eigenvalue weighted by atomic mass is 10.1. The molecule has 0 aliphatic heterocycles. The van der Waals surface area contributed by atoms with Crippen LogP contribution in [0.2, 0.25) is 5.02 Å². The number of carbonyl (C=O) groups is 1. The molecule has 0 bridgehead atoms. The van der Waals surface area contributed by atoms with Gasteiger partial charge in [0.25, 0.3) is 0 Å². The second-order valence-corrected chi connectivity index (χ2v) is 3.98. The molecule has 16 heavy (non-hydrogen) atoms. The summed E-state index contributed by atoms with van der Waals surface area (Å²) < 4.78 is 13.4. The monoisotopic (exact) mass is 244 g/mol. The number of amides is 1. The van der Waals surface area contributed by atoms with Crippen molar-refractivity contribution in [3.05, 3.63) is 29.0 Å². The van der Waals surface area contributed by atoms with E-state index in [1.54, 1.807) is 13.0 Å². The van der Waals surface area contributed by atoms with E-state index >= 15 is 0 Å². The zero-order valence-corrected chi connectivity index (χ0v) is 9.72. The quantitative estimate of drug-likeness (QED) is 0.855. The Morgan fingerprint density at radius 3 is 2.94 bits per heavy atom. The first kappa shape index (κ1) is 12.9. The molecule has 0 spiro atoms. The molecule has 0 saturated heterocycles. The second kappa shape index (κ2) is 5.82. The molecule has 0 aromatic heterocycles. The molecule has 1 atom stereocenters. The van der Waals surface area contributed by atoms with Gasteiger partial charge in [0.1, 0.15) is 0 Å². The van der Waals surface area contributed by atoms with Gasteiger partial charge in [-0.15, -0.1) is 0 Å². The van der Waals surface area contributed by atoms with Crippen LogP contribution in [-0.2, 0) is 4.79 Å². The molecule has 1 rings (SSSR count). The summed E-state index contributed by atoms with van der Waals surface area (Å²) in [4.78, 5) is 11.6. The number of carbonyl (C=O) groups excluding carboxylic acids is 1. The zero-order valence-electron chi connectivity index (χ0n) is 8.97. The zero-order chi connectivity index (χ0) is 12.1. The van der Waals surface area contributed by atoms with E-state index in [9.17, 15) is 9.18 Å². The molecule has 0 fully saturated rings. The first-order chi connectivity index (χ1) is 7.56. The van der Waals surface area contributed by atoms with Gasteiger partial charge in [-0.3, -0.25) is 4.79 Å². The van der Waals surface area contributed by atoms with Crippen molar-refractivity contribution < 1.29 is 9.18 Å². The topological polar surface area (TPSA) is 55.1 Å². The lowest BCUT2D eigenvalue weighted by Gasteiger charge is -2.11. The molecule has 5 heteroatoms.